The molecule has 3 nitrogen and oxygen atoms in total. The third-order valence-corrected chi connectivity index (χ3v) is 1.86. The molecule has 5 heteroatoms. The van der Waals surface area contributed by atoms with Crippen LogP contribution in [0.1, 0.15) is 12.0 Å². The zero-order valence-electron chi connectivity index (χ0n) is 7.46. The number of hydrogen-bond acceptors (Lipinski definition) is 3. The second-order valence-electron chi connectivity index (χ2n) is 2.75. The summed E-state index contributed by atoms with van der Waals surface area (Å²) in [5.74, 6) is -1.70. The van der Waals surface area contributed by atoms with Crippen molar-refractivity contribution in [3.63, 3.8) is 0 Å². The maximum Gasteiger partial charge on any atom is 0.159 e. The zero-order valence-corrected chi connectivity index (χ0v) is 7.46. The molecule has 2 rings (SSSR count). The van der Waals surface area contributed by atoms with E-state index in [1.54, 1.807) is 0 Å². The van der Waals surface area contributed by atoms with Crippen molar-refractivity contribution in [1.29, 1.82) is 0 Å². The first-order valence-electron chi connectivity index (χ1n) is 3.91. The Morgan fingerprint density at radius 2 is 2.00 bits per heavy atom. The molecule has 1 aliphatic heterocycles. The number of nitrogens with zero attached hydrogens (tertiary/aromatic N) is 1. The van der Waals surface area contributed by atoms with E-state index >= 15 is 0 Å². The Kier molecular flexibility index (Phi) is 3.14. The molecular formula is C9H10F2N2O. The summed E-state index contributed by atoms with van der Waals surface area (Å²) in [6.07, 6.45) is 0.644. The third-order valence-electron chi connectivity index (χ3n) is 1.86. The summed E-state index contributed by atoms with van der Waals surface area (Å²) < 4.78 is 25.3. The summed E-state index contributed by atoms with van der Waals surface area (Å²) in [5, 5.41) is 3.70. The van der Waals surface area contributed by atoms with Crippen molar-refractivity contribution in [3.8, 4) is 0 Å². The lowest BCUT2D eigenvalue weighted by molar-refractivity contribution is 0.174. The van der Waals surface area contributed by atoms with Crippen LogP contribution in [0.4, 0.5) is 8.78 Å². The molecule has 76 valence electrons. The molecule has 0 bridgehead atoms. The molecule has 0 fully saturated rings. The number of oxime groups is 1. The van der Waals surface area contributed by atoms with Gasteiger partial charge >= 0.3 is 0 Å². The average Bonchev–Trinajstić information content (AvgIpc) is 2.62. The molecule has 1 aromatic carbocycles. The van der Waals surface area contributed by atoms with E-state index < -0.39 is 11.6 Å². The molecule has 0 atom stereocenters. The van der Waals surface area contributed by atoms with Gasteiger partial charge in [0.15, 0.2) is 11.6 Å². The van der Waals surface area contributed by atoms with Crippen molar-refractivity contribution < 1.29 is 13.6 Å². The molecule has 0 unspecified atom stereocenters. The quantitative estimate of drug-likeness (QED) is 0.755. The van der Waals surface area contributed by atoms with Crippen molar-refractivity contribution in [2.45, 2.75) is 6.42 Å². The van der Waals surface area contributed by atoms with Crippen LogP contribution in [0.3, 0.4) is 0 Å². The van der Waals surface area contributed by atoms with Gasteiger partial charge in [0.2, 0.25) is 0 Å². The fourth-order valence-corrected chi connectivity index (χ4v) is 1.18. The Bertz CT molecular complexity index is 366. The minimum atomic E-state index is -0.855. The molecular weight excluding hydrogens is 190 g/mol. The van der Waals surface area contributed by atoms with Crippen LogP contribution in [0.15, 0.2) is 23.4 Å². The molecule has 0 aliphatic carbocycles. The van der Waals surface area contributed by atoms with Gasteiger partial charge < -0.3 is 11.0 Å². The highest BCUT2D eigenvalue weighted by molar-refractivity contribution is 6.00. The number of benzene rings is 1. The standard InChI is InChI=1S/C9H7F2NO.H3N/c10-7-2-1-6(5-8(7)11)9-3-4-13-12-9;/h1-2,5H,3-4H2;1H3. The molecule has 0 saturated heterocycles. The summed E-state index contributed by atoms with van der Waals surface area (Å²) in [4.78, 5) is 4.75. The van der Waals surface area contributed by atoms with Crippen molar-refractivity contribution >= 4 is 5.71 Å². The van der Waals surface area contributed by atoms with Crippen molar-refractivity contribution in [1.82, 2.24) is 6.15 Å². The largest absolute Gasteiger partial charge is 0.395 e. The Labute approximate surface area is 80.0 Å². The lowest BCUT2D eigenvalue weighted by Crippen LogP contribution is -1.98. The lowest BCUT2D eigenvalue weighted by Gasteiger charge is -1.98. The van der Waals surface area contributed by atoms with E-state index in [0.29, 0.717) is 24.3 Å². The summed E-state index contributed by atoms with van der Waals surface area (Å²) in [7, 11) is 0. The van der Waals surface area contributed by atoms with Crippen LogP contribution in [0.5, 0.6) is 0 Å². The van der Waals surface area contributed by atoms with Gasteiger partial charge in [0.1, 0.15) is 6.61 Å². The molecule has 1 heterocycles. The van der Waals surface area contributed by atoms with Gasteiger partial charge in [-0.25, -0.2) is 8.78 Å². The first-order chi connectivity index (χ1) is 6.27. The van der Waals surface area contributed by atoms with Gasteiger partial charge in [-0.05, 0) is 18.2 Å². The van der Waals surface area contributed by atoms with Gasteiger partial charge in [-0.2, -0.15) is 0 Å². The fraction of sp³-hybridized carbons (Fsp3) is 0.222. The van der Waals surface area contributed by atoms with Crippen molar-refractivity contribution in [3.05, 3.63) is 35.4 Å². The summed E-state index contributed by atoms with van der Waals surface area (Å²) >= 11 is 0. The predicted molar refractivity (Wildman–Crippen MR) is 48.5 cm³/mol. The smallest absolute Gasteiger partial charge is 0.159 e. The van der Waals surface area contributed by atoms with Crippen LogP contribution in [0.2, 0.25) is 0 Å². The lowest BCUT2D eigenvalue weighted by atomic mass is 10.1. The molecule has 14 heavy (non-hydrogen) atoms. The molecule has 0 spiro atoms. The van der Waals surface area contributed by atoms with E-state index in [4.69, 9.17) is 4.84 Å². The molecule has 3 N–H and O–H groups in total. The second kappa shape index (κ2) is 4.15. The van der Waals surface area contributed by atoms with Crippen molar-refractivity contribution in [2.75, 3.05) is 6.61 Å². The molecule has 1 aliphatic rings. The molecule has 0 radical (unpaired) electrons. The first kappa shape index (κ1) is 10.6. The highest BCUT2D eigenvalue weighted by Crippen LogP contribution is 2.14. The SMILES string of the molecule is Fc1ccc(C2=NOCC2)cc1F.N. The first-order valence-corrected chi connectivity index (χ1v) is 3.91. The second-order valence-corrected chi connectivity index (χ2v) is 2.75. The van der Waals surface area contributed by atoms with Crippen LogP contribution in [-0.4, -0.2) is 12.3 Å². The van der Waals surface area contributed by atoms with Gasteiger partial charge in [-0.1, -0.05) is 5.16 Å². The molecule has 1 aromatic rings. The van der Waals surface area contributed by atoms with Gasteiger partial charge in [0.25, 0.3) is 0 Å². The minimum absolute atomic E-state index is 0. The Morgan fingerprint density at radius 1 is 1.21 bits per heavy atom. The van der Waals surface area contributed by atoms with E-state index in [1.165, 1.54) is 6.07 Å². The normalized spacial score (nSPS) is 14.3. The van der Waals surface area contributed by atoms with E-state index in [9.17, 15) is 8.78 Å². The molecule has 0 aromatic heterocycles. The summed E-state index contributed by atoms with van der Waals surface area (Å²) in [6.45, 7) is 0.508. The maximum atomic E-state index is 12.8. The van der Waals surface area contributed by atoms with E-state index in [1.807, 2.05) is 0 Å². The Hall–Kier alpha value is -1.49. The van der Waals surface area contributed by atoms with Crippen LogP contribution in [0.25, 0.3) is 0 Å². The number of halogens is 2. The monoisotopic (exact) mass is 200 g/mol. The van der Waals surface area contributed by atoms with Gasteiger partial charge in [-0.15, -0.1) is 0 Å². The maximum absolute atomic E-state index is 12.8. The number of rotatable bonds is 1. The molecule has 0 amide bonds. The van der Waals surface area contributed by atoms with Gasteiger partial charge in [0.05, 0.1) is 5.71 Å². The third kappa shape index (κ3) is 1.88. The van der Waals surface area contributed by atoms with Crippen LogP contribution in [-0.2, 0) is 4.84 Å². The van der Waals surface area contributed by atoms with E-state index in [-0.39, 0.29) is 6.15 Å². The minimum Gasteiger partial charge on any atom is -0.395 e. The number of hydrogen-bond donors (Lipinski definition) is 1. The topological polar surface area (TPSA) is 56.6 Å². The van der Waals surface area contributed by atoms with E-state index in [2.05, 4.69) is 5.16 Å². The average molecular weight is 200 g/mol. The summed E-state index contributed by atoms with van der Waals surface area (Å²) in [6, 6.07) is 3.71. The highest BCUT2D eigenvalue weighted by atomic mass is 19.2. The highest BCUT2D eigenvalue weighted by Gasteiger charge is 2.12. The van der Waals surface area contributed by atoms with Crippen molar-refractivity contribution in [2.24, 2.45) is 5.16 Å². The Balaban J connectivity index is 0.000000980. The van der Waals surface area contributed by atoms with Crippen LogP contribution in [0, 0.1) is 11.6 Å². The fourth-order valence-electron chi connectivity index (χ4n) is 1.18. The Morgan fingerprint density at radius 3 is 2.57 bits per heavy atom. The van der Waals surface area contributed by atoms with Crippen LogP contribution < -0.4 is 6.15 Å². The van der Waals surface area contributed by atoms with Gasteiger partial charge in [0, 0.05) is 12.0 Å². The van der Waals surface area contributed by atoms with Crippen LogP contribution >= 0.6 is 0 Å². The zero-order chi connectivity index (χ0) is 9.26. The summed E-state index contributed by atoms with van der Waals surface area (Å²) in [5.41, 5.74) is 1.25. The molecule has 0 saturated carbocycles. The predicted octanol–water partition coefficient (Wildman–Crippen LogP) is 2.25. The van der Waals surface area contributed by atoms with Gasteiger partial charge in [-0.3, -0.25) is 0 Å². The van der Waals surface area contributed by atoms with E-state index in [0.717, 1.165) is 12.1 Å².